The van der Waals surface area contributed by atoms with Crippen molar-refractivity contribution in [2.24, 2.45) is 29.6 Å². The summed E-state index contributed by atoms with van der Waals surface area (Å²) in [5.74, 6) is -0.0630. The van der Waals surface area contributed by atoms with E-state index < -0.39 is 68.7 Å². The number of alkyl carbamates (subject to hydrolysis) is 1. The first-order chi connectivity index (χ1) is 28.3. The predicted molar refractivity (Wildman–Crippen MR) is 218 cm³/mol. The minimum atomic E-state index is -3.90. The molecule has 3 aliphatic heterocycles. The largest absolute Gasteiger partial charge is 0.489 e. The fourth-order valence-electron chi connectivity index (χ4n) is 10.1. The average molecular weight is 833 g/mol. The summed E-state index contributed by atoms with van der Waals surface area (Å²) in [6, 6.07) is 3.67. The molecule has 1 aromatic carbocycles. The number of sulfonamides is 1. The third kappa shape index (κ3) is 7.93. The number of fused-ring (bicyclic) bond motifs is 6. The smallest absolute Gasteiger partial charge is 0.408 e. The van der Waals surface area contributed by atoms with Gasteiger partial charge in [0.25, 0.3) is 5.91 Å². The lowest BCUT2D eigenvalue weighted by Gasteiger charge is -2.34. The molecule has 1 unspecified atom stereocenters. The van der Waals surface area contributed by atoms with Crippen molar-refractivity contribution in [1.82, 2.24) is 25.2 Å². The van der Waals surface area contributed by atoms with Crippen LogP contribution in [0.4, 0.5) is 10.5 Å². The Morgan fingerprint density at radius 1 is 1.03 bits per heavy atom. The molecular formula is C43H56N6O9S. The number of amides is 4. The molecule has 4 amide bonds. The zero-order chi connectivity index (χ0) is 41.2. The van der Waals surface area contributed by atoms with E-state index in [1.54, 1.807) is 6.20 Å². The van der Waals surface area contributed by atoms with E-state index >= 15 is 4.79 Å². The number of allylic oxidation sites excluding steroid dienone is 1. The van der Waals surface area contributed by atoms with Gasteiger partial charge in [-0.2, -0.15) is 0 Å². The molecule has 15 nitrogen and oxygen atoms in total. The van der Waals surface area contributed by atoms with Gasteiger partial charge in [0.2, 0.25) is 27.7 Å². The number of nitrogens with one attached hydrogen (secondary N) is 3. The second-order valence-electron chi connectivity index (χ2n) is 18.2. The van der Waals surface area contributed by atoms with Crippen LogP contribution in [0.15, 0.2) is 36.5 Å². The van der Waals surface area contributed by atoms with Gasteiger partial charge in [0.05, 0.1) is 24.0 Å². The normalized spacial score (nSPS) is 34.7. The number of rotatable bonds is 8. The van der Waals surface area contributed by atoms with Crippen LogP contribution in [0.3, 0.4) is 0 Å². The van der Waals surface area contributed by atoms with Gasteiger partial charge in [0.15, 0.2) is 5.75 Å². The molecule has 0 bridgehead atoms. The van der Waals surface area contributed by atoms with Crippen LogP contribution in [0.25, 0.3) is 10.8 Å². The number of anilines is 1. The maximum absolute atomic E-state index is 15.1. The number of nitrogens with zero attached hydrogens (tertiary/aromatic N) is 3. The van der Waals surface area contributed by atoms with Gasteiger partial charge in [-0.25, -0.2) is 18.2 Å². The van der Waals surface area contributed by atoms with Gasteiger partial charge in [-0.1, -0.05) is 32.4 Å². The van der Waals surface area contributed by atoms with Crippen molar-refractivity contribution in [3.63, 3.8) is 0 Å². The van der Waals surface area contributed by atoms with Gasteiger partial charge < -0.3 is 34.6 Å². The number of likely N-dealkylation sites (N-methyl/N-ethyl adjacent to an activating group) is 1. The summed E-state index contributed by atoms with van der Waals surface area (Å²) in [7, 11) is -1.89. The lowest BCUT2D eigenvalue weighted by Crippen LogP contribution is -2.59. The molecular weight excluding hydrogens is 777 g/mol. The summed E-state index contributed by atoms with van der Waals surface area (Å²) < 4.78 is 46.8. The van der Waals surface area contributed by atoms with Gasteiger partial charge in [-0.3, -0.25) is 19.1 Å². The highest BCUT2D eigenvalue weighted by molar-refractivity contribution is 7.91. The van der Waals surface area contributed by atoms with E-state index in [9.17, 15) is 22.8 Å². The number of aromatic nitrogens is 1. The minimum Gasteiger partial charge on any atom is -0.489 e. The number of hydrogen-bond donors (Lipinski definition) is 3. The Labute approximate surface area is 345 Å². The molecule has 318 valence electrons. The first kappa shape index (κ1) is 39.8. The molecule has 4 saturated carbocycles. The Hall–Kier alpha value is -4.60. The number of carbonyl (C=O) groups excluding carboxylic acids is 4. The molecule has 1 saturated heterocycles. The summed E-state index contributed by atoms with van der Waals surface area (Å²) >= 11 is 0. The van der Waals surface area contributed by atoms with E-state index in [0.717, 1.165) is 42.6 Å². The summed E-state index contributed by atoms with van der Waals surface area (Å²) in [6.45, 7) is 5.42. The van der Waals surface area contributed by atoms with Crippen molar-refractivity contribution in [3.8, 4) is 11.6 Å². The van der Waals surface area contributed by atoms with Crippen molar-refractivity contribution in [2.75, 3.05) is 31.6 Å². The lowest BCUT2D eigenvalue weighted by atomic mass is 9.85. The van der Waals surface area contributed by atoms with E-state index in [2.05, 4.69) is 32.2 Å². The van der Waals surface area contributed by atoms with Crippen LogP contribution in [-0.2, 0) is 29.1 Å². The van der Waals surface area contributed by atoms with Gasteiger partial charge in [0, 0.05) is 36.4 Å². The topological polar surface area (TPSA) is 186 Å². The van der Waals surface area contributed by atoms with Crippen molar-refractivity contribution < 1.29 is 41.8 Å². The number of carbonyl (C=O) groups is 4. The van der Waals surface area contributed by atoms with Crippen LogP contribution in [0.1, 0.15) is 84.5 Å². The third-order valence-electron chi connectivity index (χ3n) is 13.9. The fraction of sp³-hybridized carbons (Fsp3) is 0.651. The molecule has 4 heterocycles. The molecule has 0 spiro atoms. The van der Waals surface area contributed by atoms with E-state index in [1.165, 1.54) is 11.3 Å². The van der Waals surface area contributed by atoms with Crippen molar-refractivity contribution in [1.29, 1.82) is 0 Å². The lowest BCUT2D eigenvalue weighted by molar-refractivity contribution is -0.142. The molecule has 2 aromatic rings. The highest BCUT2D eigenvalue weighted by atomic mass is 32.2. The van der Waals surface area contributed by atoms with E-state index in [4.69, 9.17) is 14.2 Å². The summed E-state index contributed by atoms with van der Waals surface area (Å²) in [5, 5.41) is 6.83. The summed E-state index contributed by atoms with van der Waals surface area (Å²) in [4.78, 5) is 65.5. The Morgan fingerprint density at radius 3 is 2.59 bits per heavy atom. The first-order valence-electron chi connectivity index (χ1n) is 21.6. The van der Waals surface area contributed by atoms with Gasteiger partial charge in [-0.15, -0.1) is 0 Å². The Kier molecular flexibility index (Phi) is 10.4. The minimum absolute atomic E-state index is 0.00293. The molecule has 0 radical (unpaired) electrons. The van der Waals surface area contributed by atoms with Gasteiger partial charge >= 0.3 is 6.09 Å². The standard InChI is InChI=1S/C43H56N6O9S/c1-4-25-17-24(2)7-5-6-8-28-22-43(28,41(52)47-59(54,55)31-9-10-31)46-38(50)35-21-30(23-49(35)40(51)36(25)45-42(53)58-29-19-26-18-27(26)20-29)57-39-33-11-12-34-37(32(33)13-14-44-39)56-16-15-48(34)3/h6,8,11-14,24-31,35-36H,4-5,7,9-10,15-23H2,1-3H3,(H,45,53)(H,46,50)(H,47,52)/b8-6-/t24-,25-,26-,27+,28-,29?,30-,35+,36+,43-/m1/s1. The predicted octanol–water partition coefficient (Wildman–Crippen LogP) is 4.19. The van der Waals surface area contributed by atoms with Crippen LogP contribution in [0.2, 0.25) is 0 Å². The van der Waals surface area contributed by atoms with Gasteiger partial charge in [-0.05, 0) is 99.7 Å². The van der Waals surface area contributed by atoms with E-state index in [-0.39, 0.29) is 37.3 Å². The highest BCUT2D eigenvalue weighted by Gasteiger charge is 2.62. The SMILES string of the molecule is CC[C@@H]1C[C@H](C)CC/C=C\[C@@H]2C[C@@]2(C(=O)NS(=O)(=O)C2CC2)NC(=O)[C@@H]2C[C@@H](Oc3nccc4c5c(ccc34)N(C)CCO5)CN2C(=O)[C@H]1NC(=O)OC1C[C@@H]2C[C@@H]2C1. The molecule has 9 rings (SSSR count). The summed E-state index contributed by atoms with van der Waals surface area (Å²) in [5.41, 5.74) is -0.555. The Balaban J connectivity index is 1.04. The van der Waals surface area contributed by atoms with Crippen molar-refractivity contribution in [3.05, 3.63) is 36.5 Å². The number of pyridine rings is 1. The van der Waals surface area contributed by atoms with Crippen LogP contribution in [0, 0.1) is 29.6 Å². The molecule has 5 fully saturated rings. The zero-order valence-corrected chi connectivity index (χ0v) is 34.9. The van der Waals surface area contributed by atoms with Crippen LogP contribution in [-0.4, -0.2) is 104 Å². The molecule has 59 heavy (non-hydrogen) atoms. The zero-order valence-electron chi connectivity index (χ0n) is 34.1. The quantitative estimate of drug-likeness (QED) is 0.324. The molecule has 3 N–H and O–H groups in total. The molecule has 10 atom stereocenters. The van der Waals surface area contributed by atoms with Gasteiger partial charge in [0.1, 0.15) is 36.4 Å². The van der Waals surface area contributed by atoms with Crippen LogP contribution >= 0.6 is 0 Å². The average Bonchev–Trinajstić information content (AvgIpc) is 4.17. The highest BCUT2D eigenvalue weighted by Crippen LogP contribution is 2.52. The van der Waals surface area contributed by atoms with Crippen LogP contribution in [0.5, 0.6) is 11.6 Å². The van der Waals surface area contributed by atoms with Crippen molar-refractivity contribution in [2.45, 2.75) is 120 Å². The van der Waals surface area contributed by atoms with E-state index in [1.807, 2.05) is 44.3 Å². The molecule has 16 heteroatoms. The fourth-order valence-corrected chi connectivity index (χ4v) is 11.4. The summed E-state index contributed by atoms with van der Waals surface area (Å²) in [6.07, 6.45) is 10.8. The van der Waals surface area contributed by atoms with Crippen molar-refractivity contribution >= 4 is 50.3 Å². The monoisotopic (exact) mass is 832 g/mol. The molecule has 4 aliphatic carbocycles. The Morgan fingerprint density at radius 2 is 1.83 bits per heavy atom. The maximum Gasteiger partial charge on any atom is 0.408 e. The molecule has 1 aromatic heterocycles. The van der Waals surface area contributed by atoms with Crippen LogP contribution < -0.4 is 29.7 Å². The number of ether oxygens (including phenoxy) is 3. The Bertz CT molecular complexity index is 2150. The third-order valence-corrected chi connectivity index (χ3v) is 15.7. The number of benzene rings is 1. The second kappa shape index (κ2) is 15.5. The second-order valence-corrected chi connectivity index (χ2v) is 20.2. The molecule has 7 aliphatic rings. The first-order valence-corrected chi connectivity index (χ1v) is 23.1. The van der Waals surface area contributed by atoms with E-state index in [0.29, 0.717) is 61.8 Å². The number of hydrogen-bond acceptors (Lipinski definition) is 11. The maximum atomic E-state index is 15.1.